The molecule has 5 heterocycles. The van der Waals surface area contributed by atoms with Crippen molar-refractivity contribution in [3.05, 3.63) is 38.8 Å². The van der Waals surface area contributed by atoms with Gasteiger partial charge in [0.05, 0.1) is 51.2 Å². The number of hydrogen-bond acceptors (Lipinski definition) is 7. The van der Waals surface area contributed by atoms with Crippen molar-refractivity contribution in [2.45, 2.75) is 63.7 Å². The normalized spacial score (nSPS) is 27.1. The van der Waals surface area contributed by atoms with Crippen LogP contribution in [0.4, 0.5) is 13.2 Å². The molecule has 0 aliphatic carbocycles. The molecule has 5 rings (SSSR count). The summed E-state index contributed by atoms with van der Waals surface area (Å²) in [6, 6.07) is 0.0980. The van der Waals surface area contributed by atoms with Crippen LogP contribution in [-0.2, 0) is 47.4 Å². The molecule has 2 N–H and O–H groups in total. The molecule has 2 aromatic heterocycles. The number of nitrogens with zero attached hydrogens (tertiary/aromatic N) is 3. The van der Waals surface area contributed by atoms with Gasteiger partial charge >= 0.3 is 6.18 Å². The van der Waals surface area contributed by atoms with Gasteiger partial charge in [-0.3, -0.25) is 9.58 Å². The molecule has 0 aromatic carbocycles. The zero-order chi connectivity index (χ0) is 24.1. The van der Waals surface area contributed by atoms with E-state index in [-0.39, 0.29) is 23.6 Å². The minimum absolute atomic E-state index is 0.0233. The molecule has 1 spiro atoms. The Morgan fingerprint density at radius 1 is 1.29 bits per heavy atom. The monoisotopic (exact) mass is 501 g/mol. The maximum Gasteiger partial charge on any atom is 0.425 e. The van der Waals surface area contributed by atoms with Crippen LogP contribution >= 0.6 is 11.3 Å². The van der Waals surface area contributed by atoms with Gasteiger partial charge in [0.25, 0.3) is 0 Å². The Labute approximate surface area is 200 Å². The number of alkyl halides is 3. The van der Waals surface area contributed by atoms with Crippen LogP contribution in [0.25, 0.3) is 0 Å². The van der Waals surface area contributed by atoms with Crippen molar-refractivity contribution in [2.24, 2.45) is 5.41 Å². The van der Waals surface area contributed by atoms with Crippen LogP contribution in [0.15, 0.2) is 12.4 Å². The van der Waals surface area contributed by atoms with Crippen LogP contribution in [0.3, 0.4) is 0 Å². The average molecular weight is 502 g/mol. The van der Waals surface area contributed by atoms with Crippen molar-refractivity contribution in [1.82, 2.24) is 14.7 Å². The highest BCUT2D eigenvalue weighted by molar-refractivity contribution is 7.12. The maximum absolute atomic E-state index is 13.6. The second-order valence-corrected chi connectivity index (χ2v) is 11.0. The van der Waals surface area contributed by atoms with Crippen LogP contribution in [0.2, 0.25) is 0 Å². The average Bonchev–Trinajstić information content (AvgIpc) is 3.37. The number of rotatable bonds is 6. The van der Waals surface area contributed by atoms with Crippen molar-refractivity contribution in [1.29, 1.82) is 0 Å². The van der Waals surface area contributed by atoms with Crippen LogP contribution in [-0.4, -0.2) is 63.9 Å². The number of thiophene rings is 1. The second-order valence-electron chi connectivity index (χ2n) is 9.94. The topological polar surface area (TPSA) is 80.0 Å². The number of aliphatic hydroxyl groups excluding tert-OH is 2. The Morgan fingerprint density at radius 3 is 2.71 bits per heavy atom. The van der Waals surface area contributed by atoms with Crippen LogP contribution in [0.5, 0.6) is 0 Å². The van der Waals surface area contributed by atoms with E-state index in [4.69, 9.17) is 9.47 Å². The van der Waals surface area contributed by atoms with Crippen LogP contribution in [0.1, 0.15) is 46.2 Å². The molecular formula is C23H30F3N3O4S. The third-order valence-corrected chi connectivity index (χ3v) is 8.95. The first kappa shape index (κ1) is 24.2. The van der Waals surface area contributed by atoms with Gasteiger partial charge < -0.3 is 19.7 Å². The molecule has 2 aromatic rings. The third kappa shape index (κ3) is 4.20. The first-order valence-corrected chi connectivity index (χ1v) is 12.4. The largest absolute Gasteiger partial charge is 0.425 e. The Balaban J connectivity index is 1.30. The van der Waals surface area contributed by atoms with E-state index in [0.717, 1.165) is 16.9 Å². The minimum Gasteiger partial charge on any atom is -0.396 e. The zero-order valence-corrected chi connectivity index (χ0v) is 19.9. The van der Waals surface area contributed by atoms with Gasteiger partial charge in [0.1, 0.15) is 10.5 Å². The lowest BCUT2D eigenvalue weighted by Gasteiger charge is -2.47. The lowest BCUT2D eigenvalue weighted by Crippen LogP contribution is -2.50. The summed E-state index contributed by atoms with van der Waals surface area (Å²) < 4.78 is 54.2. The van der Waals surface area contributed by atoms with E-state index < -0.39 is 23.3 Å². The fraction of sp³-hybridized carbons (Fsp3) is 0.696. The van der Waals surface area contributed by atoms with Gasteiger partial charge in [-0.1, -0.05) is 0 Å². The van der Waals surface area contributed by atoms with Crippen molar-refractivity contribution in [3.8, 4) is 0 Å². The van der Waals surface area contributed by atoms with Crippen molar-refractivity contribution in [2.75, 3.05) is 33.0 Å². The fourth-order valence-electron chi connectivity index (χ4n) is 5.54. The fourth-order valence-corrected chi connectivity index (χ4v) is 6.95. The van der Waals surface area contributed by atoms with Gasteiger partial charge in [-0.05, 0) is 31.7 Å². The molecule has 2 saturated heterocycles. The number of fused-ring (bicyclic) bond motifs is 2. The summed E-state index contributed by atoms with van der Waals surface area (Å²) in [6.07, 6.45) is 0.947. The van der Waals surface area contributed by atoms with Gasteiger partial charge in [-0.25, -0.2) is 0 Å². The molecule has 34 heavy (non-hydrogen) atoms. The predicted molar refractivity (Wildman–Crippen MR) is 118 cm³/mol. The third-order valence-electron chi connectivity index (χ3n) is 7.45. The number of piperidine rings is 1. The molecule has 3 aliphatic rings. The van der Waals surface area contributed by atoms with E-state index in [2.05, 4.69) is 16.9 Å². The van der Waals surface area contributed by atoms with Gasteiger partial charge in [0.15, 0.2) is 0 Å². The highest BCUT2D eigenvalue weighted by Crippen LogP contribution is 2.51. The SMILES string of the molecule is C[C@H]1C[C@@]2(CCN1Cc1cnn(CC3(CO)COC3)c1)OCCc1c2sc(C(F)(F)F)c1CO. The minimum atomic E-state index is -4.48. The van der Waals surface area contributed by atoms with Crippen LogP contribution < -0.4 is 0 Å². The summed E-state index contributed by atoms with van der Waals surface area (Å²) in [6.45, 7) is 4.95. The summed E-state index contributed by atoms with van der Waals surface area (Å²) in [5.41, 5.74) is 0.720. The molecule has 2 atom stereocenters. The number of ether oxygens (including phenoxy) is 2. The Hall–Kier alpha value is -1.50. The molecular weight excluding hydrogens is 471 g/mol. The molecule has 11 heteroatoms. The zero-order valence-electron chi connectivity index (χ0n) is 19.1. The summed E-state index contributed by atoms with van der Waals surface area (Å²) >= 11 is 0.752. The first-order chi connectivity index (χ1) is 16.2. The smallest absolute Gasteiger partial charge is 0.396 e. The summed E-state index contributed by atoms with van der Waals surface area (Å²) in [7, 11) is 0. The molecule has 0 unspecified atom stereocenters. The predicted octanol–water partition coefficient (Wildman–Crippen LogP) is 2.92. The molecule has 2 fully saturated rings. The Bertz CT molecular complexity index is 1030. The lowest BCUT2D eigenvalue weighted by atomic mass is 9.81. The van der Waals surface area contributed by atoms with Crippen molar-refractivity contribution < 1.29 is 32.9 Å². The van der Waals surface area contributed by atoms with Crippen LogP contribution in [0, 0.1) is 5.41 Å². The second kappa shape index (κ2) is 8.86. The molecule has 3 aliphatic heterocycles. The molecule has 0 bridgehead atoms. The molecule has 188 valence electrons. The highest BCUT2D eigenvalue weighted by atomic mass is 32.1. The summed E-state index contributed by atoms with van der Waals surface area (Å²) in [4.78, 5) is 2.26. The van der Waals surface area contributed by atoms with E-state index in [1.807, 2.05) is 17.1 Å². The number of halogens is 3. The molecule has 0 amide bonds. The maximum atomic E-state index is 13.6. The number of hydrogen-bond donors (Lipinski definition) is 2. The van der Waals surface area contributed by atoms with Crippen molar-refractivity contribution >= 4 is 11.3 Å². The van der Waals surface area contributed by atoms with E-state index in [9.17, 15) is 23.4 Å². The highest BCUT2D eigenvalue weighted by Gasteiger charge is 2.48. The molecule has 0 saturated carbocycles. The Kier molecular flexibility index (Phi) is 6.31. The first-order valence-electron chi connectivity index (χ1n) is 11.6. The Morgan fingerprint density at radius 2 is 2.09 bits per heavy atom. The van der Waals surface area contributed by atoms with Gasteiger partial charge in [-0.15, -0.1) is 11.3 Å². The molecule has 7 nitrogen and oxygen atoms in total. The number of aliphatic hydroxyl groups is 2. The quantitative estimate of drug-likeness (QED) is 0.634. The summed E-state index contributed by atoms with van der Waals surface area (Å²) in [5, 5.41) is 23.8. The van der Waals surface area contributed by atoms with Gasteiger partial charge in [-0.2, -0.15) is 18.3 Å². The van der Waals surface area contributed by atoms with E-state index in [1.54, 1.807) is 0 Å². The van der Waals surface area contributed by atoms with Crippen molar-refractivity contribution in [3.63, 3.8) is 0 Å². The lowest BCUT2D eigenvalue weighted by molar-refractivity contribution is -0.146. The summed E-state index contributed by atoms with van der Waals surface area (Å²) in [5.74, 6) is 0. The van der Waals surface area contributed by atoms with E-state index >= 15 is 0 Å². The molecule has 0 radical (unpaired) electrons. The number of likely N-dealkylation sites (tertiary alicyclic amines) is 1. The van der Waals surface area contributed by atoms with E-state index in [1.165, 1.54) is 0 Å². The van der Waals surface area contributed by atoms with Gasteiger partial charge in [0.2, 0.25) is 0 Å². The standard InChI is InChI=1S/C23H30F3N3O4S/c1-15-6-22(19-17(2-5-33-22)18(10-30)20(34-19)23(24,25)26)3-4-28(15)8-16-7-27-29(9-16)11-21(12-31)13-32-14-21/h7,9,15,30-31H,2-6,8,10-14H2,1H3/t15-,22+/m0/s1. The number of aromatic nitrogens is 2. The van der Waals surface area contributed by atoms with E-state index in [0.29, 0.717) is 69.2 Å². The van der Waals surface area contributed by atoms with Gasteiger partial charge in [0, 0.05) is 41.3 Å².